The maximum Gasteiger partial charge on any atom is 0.318 e. The Kier molecular flexibility index (Phi) is 5.40. The van der Waals surface area contributed by atoms with Crippen LogP contribution in [0.1, 0.15) is 37.3 Å². The monoisotopic (exact) mass is 429 g/mol. The van der Waals surface area contributed by atoms with Gasteiger partial charge in [-0.3, -0.25) is 4.79 Å². The molecule has 2 N–H and O–H groups in total. The topological polar surface area (TPSA) is 61.4 Å². The lowest BCUT2D eigenvalue weighted by atomic mass is 9.73. The van der Waals surface area contributed by atoms with E-state index in [1.54, 1.807) is 0 Å². The third-order valence-corrected chi connectivity index (χ3v) is 6.80. The average molecular weight is 430 g/mol. The van der Waals surface area contributed by atoms with Crippen LogP contribution >= 0.6 is 11.6 Å². The predicted octanol–water partition coefficient (Wildman–Crippen LogP) is 3.73. The Morgan fingerprint density at radius 1 is 1.28 bits per heavy atom. The van der Waals surface area contributed by atoms with Crippen LogP contribution in [0.3, 0.4) is 0 Å². The van der Waals surface area contributed by atoms with Crippen LogP contribution in [0.15, 0.2) is 18.2 Å². The number of alkyl halides is 2. The van der Waals surface area contributed by atoms with Gasteiger partial charge in [0.1, 0.15) is 12.4 Å². The van der Waals surface area contributed by atoms with E-state index in [2.05, 4.69) is 10.6 Å². The molecule has 3 fully saturated rings. The van der Waals surface area contributed by atoms with Crippen molar-refractivity contribution in [1.82, 2.24) is 15.5 Å². The molecule has 4 rings (SSSR count). The molecule has 1 heterocycles. The zero-order valence-corrected chi connectivity index (χ0v) is 16.5. The highest BCUT2D eigenvalue weighted by Gasteiger charge is 2.57. The van der Waals surface area contributed by atoms with E-state index < -0.39 is 35.6 Å². The van der Waals surface area contributed by atoms with Gasteiger partial charge in [0.25, 0.3) is 5.92 Å². The molecule has 3 atom stereocenters. The number of carbonyl (C=O) groups excluding carboxylic acids is 2. The summed E-state index contributed by atoms with van der Waals surface area (Å²) < 4.78 is 42.5. The standard InChI is InChI=1S/C20H23ClF3N3O2/c21-15-9-11(1-4-16(15)22)18(26-19(29)27-6-5-25-17(28)10-27)12-7-13-2-3-14(8-12)20(13,23)24/h1,4,9,12-14,18H,2-3,5-8,10H2,(H,25,28)(H,26,29). The first-order chi connectivity index (χ1) is 13.8. The van der Waals surface area contributed by atoms with Crippen LogP contribution < -0.4 is 10.6 Å². The molecule has 2 saturated carbocycles. The van der Waals surface area contributed by atoms with Gasteiger partial charge in [0, 0.05) is 24.9 Å². The van der Waals surface area contributed by atoms with Gasteiger partial charge in [0.15, 0.2) is 0 Å². The number of amides is 3. The molecule has 3 unspecified atom stereocenters. The van der Waals surface area contributed by atoms with Crippen molar-refractivity contribution in [1.29, 1.82) is 0 Å². The molecular weight excluding hydrogens is 407 g/mol. The van der Waals surface area contributed by atoms with Crippen LogP contribution in [0.5, 0.6) is 0 Å². The Morgan fingerprint density at radius 3 is 2.59 bits per heavy atom. The molecule has 2 aliphatic carbocycles. The molecule has 158 valence electrons. The first-order valence-electron chi connectivity index (χ1n) is 9.90. The summed E-state index contributed by atoms with van der Waals surface area (Å²) in [5.41, 5.74) is 0.584. The number of piperazine rings is 1. The minimum atomic E-state index is -2.67. The zero-order chi connectivity index (χ0) is 20.8. The summed E-state index contributed by atoms with van der Waals surface area (Å²) >= 11 is 5.95. The molecule has 1 aromatic carbocycles. The molecular formula is C20H23ClF3N3O2. The van der Waals surface area contributed by atoms with Crippen LogP contribution in [0.2, 0.25) is 5.02 Å². The van der Waals surface area contributed by atoms with Crippen LogP contribution in [-0.4, -0.2) is 42.4 Å². The number of halogens is 4. The number of benzene rings is 1. The highest BCUT2D eigenvalue weighted by atomic mass is 35.5. The molecule has 1 saturated heterocycles. The van der Waals surface area contributed by atoms with E-state index in [-0.39, 0.29) is 36.2 Å². The van der Waals surface area contributed by atoms with Crippen molar-refractivity contribution >= 4 is 23.5 Å². The van der Waals surface area contributed by atoms with E-state index >= 15 is 0 Å². The number of nitrogens with one attached hydrogen (secondary N) is 2. The summed E-state index contributed by atoms with van der Waals surface area (Å²) in [5, 5.41) is 5.49. The SMILES string of the molecule is O=C1CN(C(=O)NC(c2ccc(F)c(Cl)c2)C2CC3CCC(C2)C3(F)F)CCN1. The lowest BCUT2D eigenvalue weighted by Gasteiger charge is -2.40. The lowest BCUT2D eigenvalue weighted by molar-refractivity contribution is -0.123. The van der Waals surface area contributed by atoms with Crippen molar-refractivity contribution in [2.45, 2.75) is 37.6 Å². The number of fused-ring (bicyclic) bond motifs is 2. The fourth-order valence-electron chi connectivity index (χ4n) is 4.99. The Labute approximate surface area is 172 Å². The fraction of sp³-hybridized carbons (Fsp3) is 0.600. The summed E-state index contributed by atoms with van der Waals surface area (Å²) in [6.07, 6.45) is 1.52. The number of hydrogen-bond acceptors (Lipinski definition) is 2. The van der Waals surface area contributed by atoms with Crippen molar-refractivity contribution in [3.05, 3.63) is 34.6 Å². The second-order valence-corrected chi connectivity index (χ2v) is 8.66. The van der Waals surface area contributed by atoms with Gasteiger partial charge in [0.05, 0.1) is 11.1 Å². The van der Waals surface area contributed by atoms with Gasteiger partial charge in [0.2, 0.25) is 5.91 Å². The quantitative estimate of drug-likeness (QED) is 0.769. The van der Waals surface area contributed by atoms with E-state index in [1.807, 2.05) is 0 Å². The third kappa shape index (κ3) is 3.91. The number of carbonyl (C=O) groups is 2. The lowest BCUT2D eigenvalue weighted by Crippen LogP contribution is -2.54. The Balaban J connectivity index is 1.58. The second kappa shape index (κ2) is 7.70. The summed E-state index contributed by atoms with van der Waals surface area (Å²) in [6.45, 7) is 0.665. The van der Waals surface area contributed by atoms with Crippen molar-refractivity contribution in [2.24, 2.45) is 17.8 Å². The first-order valence-corrected chi connectivity index (χ1v) is 10.3. The van der Waals surface area contributed by atoms with Crippen LogP contribution in [0, 0.1) is 23.6 Å². The number of rotatable bonds is 3. The van der Waals surface area contributed by atoms with Crippen LogP contribution in [-0.2, 0) is 4.79 Å². The van der Waals surface area contributed by atoms with E-state index in [9.17, 15) is 22.8 Å². The van der Waals surface area contributed by atoms with Crippen molar-refractivity contribution in [2.75, 3.05) is 19.6 Å². The molecule has 5 nitrogen and oxygen atoms in total. The van der Waals surface area contributed by atoms with Gasteiger partial charge in [-0.15, -0.1) is 0 Å². The predicted molar refractivity (Wildman–Crippen MR) is 101 cm³/mol. The van der Waals surface area contributed by atoms with E-state index in [4.69, 9.17) is 11.6 Å². The molecule has 3 aliphatic rings. The van der Waals surface area contributed by atoms with E-state index in [0.29, 0.717) is 31.5 Å². The Bertz CT molecular complexity index is 806. The number of nitrogens with zero attached hydrogens (tertiary/aromatic N) is 1. The van der Waals surface area contributed by atoms with Crippen LogP contribution in [0.25, 0.3) is 0 Å². The highest BCUT2D eigenvalue weighted by Crippen LogP contribution is 2.56. The third-order valence-electron chi connectivity index (χ3n) is 6.51. The van der Waals surface area contributed by atoms with Crippen molar-refractivity contribution < 1.29 is 22.8 Å². The maximum atomic E-state index is 14.4. The number of hydrogen-bond donors (Lipinski definition) is 2. The van der Waals surface area contributed by atoms with E-state index in [1.165, 1.54) is 23.1 Å². The Morgan fingerprint density at radius 2 is 1.97 bits per heavy atom. The summed E-state index contributed by atoms with van der Waals surface area (Å²) in [5.74, 6) is -5.12. The summed E-state index contributed by atoms with van der Waals surface area (Å²) in [7, 11) is 0. The number of urea groups is 1. The van der Waals surface area contributed by atoms with E-state index in [0.717, 1.165) is 0 Å². The molecule has 0 aromatic heterocycles. The first kappa shape index (κ1) is 20.3. The molecule has 1 aliphatic heterocycles. The van der Waals surface area contributed by atoms with Gasteiger partial charge in [-0.2, -0.15) is 0 Å². The molecule has 2 bridgehead atoms. The summed E-state index contributed by atoms with van der Waals surface area (Å²) in [4.78, 5) is 25.8. The Hall–Kier alpha value is -1.96. The normalized spacial score (nSPS) is 29.3. The molecule has 0 radical (unpaired) electrons. The molecule has 29 heavy (non-hydrogen) atoms. The average Bonchev–Trinajstić information content (AvgIpc) is 2.85. The van der Waals surface area contributed by atoms with Crippen molar-refractivity contribution in [3.8, 4) is 0 Å². The highest BCUT2D eigenvalue weighted by molar-refractivity contribution is 6.30. The molecule has 3 amide bonds. The molecule has 1 aromatic rings. The van der Waals surface area contributed by atoms with Crippen molar-refractivity contribution in [3.63, 3.8) is 0 Å². The molecule has 0 spiro atoms. The largest absolute Gasteiger partial charge is 0.353 e. The maximum absolute atomic E-state index is 14.4. The summed E-state index contributed by atoms with van der Waals surface area (Å²) in [6, 6.07) is 3.18. The van der Waals surface area contributed by atoms with Gasteiger partial charge in [-0.05, 0) is 49.3 Å². The second-order valence-electron chi connectivity index (χ2n) is 8.25. The minimum absolute atomic E-state index is 0.0588. The van der Waals surface area contributed by atoms with Gasteiger partial charge >= 0.3 is 6.03 Å². The zero-order valence-electron chi connectivity index (χ0n) is 15.8. The van der Waals surface area contributed by atoms with Crippen LogP contribution in [0.4, 0.5) is 18.0 Å². The smallest absolute Gasteiger partial charge is 0.318 e. The molecule has 9 heteroatoms. The fourth-order valence-corrected chi connectivity index (χ4v) is 5.17. The van der Waals surface area contributed by atoms with Gasteiger partial charge < -0.3 is 15.5 Å². The van der Waals surface area contributed by atoms with Gasteiger partial charge in [-0.1, -0.05) is 17.7 Å². The minimum Gasteiger partial charge on any atom is -0.353 e. The van der Waals surface area contributed by atoms with Gasteiger partial charge in [-0.25, -0.2) is 18.0 Å².